The quantitative estimate of drug-likeness (QED) is 0.532. The van der Waals surface area contributed by atoms with E-state index in [-0.39, 0.29) is 29.9 Å². The number of hydrogen-bond acceptors (Lipinski definition) is 9. The number of benzene rings is 2. The van der Waals surface area contributed by atoms with Crippen LogP contribution >= 0.6 is 0 Å². The van der Waals surface area contributed by atoms with Crippen LogP contribution in [0.3, 0.4) is 0 Å². The molecule has 0 aromatic heterocycles. The van der Waals surface area contributed by atoms with Crippen molar-refractivity contribution in [1.82, 2.24) is 10.9 Å². The van der Waals surface area contributed by atoms with Gasteiger partial charge in [0, 0.05) is 11.8 Å². The molecular weight excluding hydrogens is 460 g/mol. The van der Waals surface area contributed by atoms with E-state index in [4.69, 9.17) is 29.4 Å². The van der Waals surface area contributed by atoms with E-state index in [1.54, 1.807) is 21.3 Å². The average Bonchev–Trinajstić information content (AvgIpc) is 3.57. The molecule has 1 saturated heterocycles. The monoisotopic (exact) mass is 492 g/mol. The summed E-state index contributed by atoms with van der Waals surface area (Å²) in [5, 5.41) is 10.1. The summed E-state index contributed by atoms with van der Waals surface area (Å²) in [6.07, 6.45) is 4.24. The minimum atomic E-state index is -0.439. The smallest absolute Gasteiger partial charge is 0.200 e. The molecule has 5 rings (SSSR count). The number of nitrogens with one attached hydrogen (secondary N) is 2. The highest BCUT2D eigenvalue weighted by Crippen LogP contribution is 2.49. The summed E-state index contributed by atoms with van der Waals surface area (Å²) >= 11 is 0. The first-order valence-electron chi connectivity index (χ1n) is 12.2. The third-order valence-electron chi connectivity index (χ3n) is 7.36. The Morgan fingerprint density at radius 2 is 1.53 bits per heavy atom. The fourth-order valence-corrected chi connectivity index (χ4v) is 5.59. The van der Waals surface area contributed by atoms with Crippen molar-refractivity contribution < 1.29 is 23.7 Å². The van der Waals surface area contributed by atoms with E-state index in [1.807, 2.05) is 36.4 Å². The average molecular weight is 493 g/mol. The van der Waals surface area contributed by atoms with Crippen LogP contribution in [0, 0.1) is 17.2 Å². The van der Waals surface area contributed by atoms with Gasteiger partial charge in [0.1, 0.15) is 6.07 Å². The predicted molar refractivity (Wildman–Crippen MR) is 132 cm³/mol. The highest BCUT2D eigenvalue weighted by atomic mass is 16.5. The van der Waals surface area contributed by atoms with Crippen LogP contribution in [0.5, 0.6) is 23.0 Å². The number of nitrogens with zero attached hydrogens (tertiary/aromatic N) is 1. The van der Waals surface area contributed by atoms with Gasteiger partial charge in [0.2, 0.25) is 5.88 Å². The van der Waals surface area contributed by atoms with Crippen molar-refractivity contribution in [1.29, 1.82) is 5.26 Å². The summed E-state index contributed by atoms with van der Waals surface area (Å²) in [6, 6.07) is 13.8. The summed E-state index contributed by atoms with van der Waals surface area (Å²) in [4.78, 5) is 0. The largest absolute Gasteiger partial charge is 0.493 e. The zero-order valence-electron chi connectivity index (χ0n) is 20.7. The number of nitrogens with two attached hydrogens (primary N) is 1. The number of nitriles is 1. The second kappa shape index (κ2) is 10.2. The molecule has 0 radical (unpaired) electrons. The minimum Gasteiger partial charge on any atom is -0.493 e. The Hall–Kier alpha value is -3.61. The van der Waals surface area contributed by atoms with Gasteiger partial charge in [-0.1, -0.05) is 12.1 Å². The molecule has 0 amide bonds. The van der Waals surface area contributed by atoms with Crippen LogP contribution < -0.4 is 35.5 Å². The van der Waals surface area contributed by atoms with Crippen molar-refractivity contribution in [3.8, 4) is 29.1 Å². The van der Waals surface area contributed by atoms with Crippen molar-refractivity contribution in [2.75, 3.05) is 21.3 Å². The van der Waals surface area contributed by atoms with E-state index >= 15 is 0 Å². The molecule has 2 aliphatic heterocycles. The van der Waals surface area contributed by atoms with Crippen molar-refractivity contribution in [3.05, 3.63) is 59.0 Å². The number of hydrogen-bond donors (Lipinski definition) is 3. The number of ether oxygens (including phenoxy) is 5. The zero-order valence-corrected chi connectivity index (χ0v) is 20.7. The van der Waals surface area contributed by atoms with Crippen molar-refractivity contribution in [2.45, 2.75) is 50.0 Å². The Morgan fingerprint density at radius 1 is 0.889 bits per heavy atom. The van der Waals surface area contributed by atoms with E-state index in [2.05, 4.69) is 16.9 Å². The molecule has 3 aliphatic rings. The van der Waals surface area contributed by atoms with Gasteiger partial charge in [-0.05, 0) is 61.1 Å². The van der Waals surface area contributed by atoms with Crippen molar-refractivity contribution >= 4 is 0 Å². The summed E-state index contributed by atoms with van der Waals surface area (Å²) in [7, 11) is 4.85. The van der Waals surface area contributed by atoms with E-state index in [9.17, 15) is 5.26 Å². The molecule has 2 fully saturated rings. The molecule has 190 valence electrons. The summed E-state index contributed by atoms with van der Waals surface area (Å²) in [6.45, 7) is 0. The Kier molecular flexibility index (Phi) is 6.81. The molecule has 1 aliphatic carbocycles. The maximum atomic E-state index is 10.1. The lowest BCUT2D eigenvalue weighted by Gasteiger charge is -2.36. The van der Waals surface area contributed by atoms with Gasteiger partial charge in [-0.3, -0.25) is 0 Å². The molecule has 2 heterocycles. The third kappa shape index (κ3) is 4.27. The van der Waals surface area contributed by atoms with Crippen LogP contribution in [0.4, 0.5) is 0 Å². The van der Waals surface area contributed by atoms with E-state index in [1.165, 1.54) is 12.8 Å². The van der Waals surface area contributed by atoms with Gasteiger partial charge < -0.3 is 29.4 Å². The van der Waals surface area contributed by atoms with Crippen LogP contribution in [0.1, 0.15) is 48.8 Å². The van der Waals surface area contributed by atoms with Gasteiger partial charge in [0.25, 0.3) is 0 Å². The summed E-state index contributed by atoms with van der Waals surface area (Å²) < 4.78 is 28.8. The maximum absolute atomic E-state index is 10.1. The lowest BCUT2D eigenvalue weighted by molar-refractivity contribution is 0.0340. The number of hydrazine groups is 1. The highest BCUT2D eigenvalue weighted by Gasteiger charge is 2.49. The lowest BCUT2D eigenvalue weighted by atomic mass is 9.74. The molecular formula is C27H32N4O5. The van der Waals surface area contributed by atoms with E-state index in [0.29, 0.717) is 28.6 Å². The predicted octanol–water partition coefficient (Wildman–Crippen LogP) is 3.63. The molecule has 1 saturated carbocycles. The van der Waals surface area contributed by atoms with Crippen molar-refractivity contribution in [3.63, 3.8) is 0 Å². The standard InChI is InChI=1S/C27H32N4O5/c1-32-19-10-9-16(13-21(19)33-2)25-24-23(18(14-28)26(29)36-27(24)31-30-25)15-8-11-20(22(12-15)34-3)35-17-6-4-5-7-17/h8-13,17,23-25,27,30-31H,4-7,29H2,1-3H3. The molecule has 2 aromatic carbocycles. The SMILES string of the molecule is COc1ccc(C2NNC3OC(N)=C(C#N)C(c4ccc(OC5CCCC5)c(OC)c4)C32)cc1OC. The number of rotatable bonds is 7. The van der Waals surface area contributed by atoms with Gasteiger partial charge in [-0.2, -0.15) is 5.26 Å². The number of fused-ring (bicyclic) bond motifs is 1. The molecule has 9 heteroatoms. The highest BCUT2D eigenvalue weighted by molar-refractivity contribution is 5.50. The molecule has 36 heavy (non-hydrogen) atoms. The van der Waals surface area contributed by atoms with E-state index < -0.39 is 6.23 Å². The third-order valence-corrected chi connectivity index (χ3v) is 7.36. The fourth-order valence-electron chi connectivity index (χ4n) is 5.59. The molecule has 4 atom stereocenters. The normalized spacial score (nSPS) is 25.6. The van der Waals surface area contributed by atoms with Gasteiger partial charge in [0.15, 0.2) is 29.2 Å². The van der Waals surface area contributed by atoms with Gasteiger partial charge in [-0.25, -0.2) is 10.9 Å². The minimum absolute atomic E-state index is 0.122. The second-order valence-electron chi connectivity index (χ2n) is 9.30. The summed E-state index contributed by atoms with van der Waals surface area (Å²) in [5.74, 6) is 2.21. The second-order valence-corrected chi connectivity index (χ2v) is 9.30. The topological polar surface area (TPSA) is 120 Å². The van der Waals surface area contributed by atoms with E-state index in [0.717, 1.165) is 24.0 Å². The van der Waals surface area contributed by atoms with Crippen LogP contribution in [-0.2, 0) is 4.74 Å². The van der Waals surface area contributed by atoms with Crippen LogP contribution in [0.25, 0.3) is 0 Å². The number of methoxy groups -OCH3 is 3. The van der Waals surface area contributed by atoms with Gasteiger partial charge in [0.05, 0.1) is 39.0 Å². The molecule has 2 aromatic rings. The molecule has 4 N–H and O–H groups in total. The first kappa shape index (κ1) is 24.1. The Bertz CT molecular complexity index is 1190. The van der Waals surface area contributed by atoms with Crippen molar-refractivity contribution in [2.24, 2.45) is 11.7 Å². The Labute approximate surface area is 211 Å². The first-order chi connectivity index (χ1) is 17.6. The lowest BCUT2D eigenvalue weighted by Crippen LogP contribution is -2.41. The van der Waals surface area contributed by atoms with Gasteiger partial charge in [-0.15, -0.1) is 0 Å². The Balaban J connectivity index is 1.54. The van der Waals surface area contributed by atoms with Crippen LogP contribution in [0.15, 0.2) is 47.9 Å². The molecule has 0 bridgehead atoms. The maximum Gasteiger partial charge on any atom is 0.200 e. The summed E-state index contributed by atoms with van der Waals surface area (Å²) in [5.41, 5.74) is 15.0. The fraction of sp³-hybridized carbons (Fsp3) is 0.444. The zero-order chi connectivity index (χ0) is 25.2. The molecule has 4 unspecified atom stereocenters. The van der Waals surface area contributed by atoms with Gasteiger partial charge >= 0.3 is 0 Å². The Morgan fingerprint density at radius 3 is 2.22 bits per heavy atom. The molecule has 0 spiro atoms. The first-order valence-corrected chi connectivity index (χ1v) is 12.2. The number of allylic oxidation sites excluding steroid dienone is 1. The van der Waals surface area contributed by atoms with Crippen LogP contribution in [-0.4, -0.2) is 33.7 Å². The van der Waals surface area contributed by atoms with Crippen LogP contribution in [0.2, 0.25) is 0 Å². The molecule has 9 nitrogen and oxygen atoms in total.